The minimum absolute atomic E-state index is 0.203. The van der Waals surface area contributed by atoms with E-state index in [4.69, 9.17) is 9.96 Å². The summed E-state index contributed by atoms with van der Waals surface area (Å²) in [7, 11) is -1.72. The van der Waals surface area contributed by atoms with Gasteiger partial charge in [-0.2, -0.15) is 0 Å². The average Bonchev–Trinajstić information content (AvgIpc) is 2.56. The number of aliphatic hydroxyl groups is 1. The standard InChI is InChI=1S/C12H25N3O2Si/c1-12(2,3)18(4,5)17-8-9-6-10(14-15-13)11(16)7-9/h9-11,16H,6-8H2,1-5H3/t9-,10+,11+/m0/s1. The van der Waals surface area contributed by atoms with Gasteiger partial charge in [0.05, 0.1) is 12.1 Å². The fourth-order valence-electron chi connectivity index (χ4n) is 1.96. The minimum Gasteiger partial charge on any atom is -0.417 e. The molecule has 1 N–H and O–H groups in total. The maximum atomic E-state index is 9.77. The quantitative estimate of drug-likeness (QED) is 0.368. The third-order valence-corrected chi connectivity index (χ3v) is 8.78. The van der Waals surface area contributed by atoms with Gasteiger partial charge in [-0.1, -0.05) is 25.9 Å². The van der Waals surface area contributed by atoms with Crippen LogP contribution in [0.25, 0.3) is 10.4 Å². The minimum atomic E-state index is -1.72. The van der Waals surface area contributed by atoms with Crippen molar-refractivity contribution in [3.05, 3.63) is 10.4 Å². The predicted molar refractivity (Wildman–Crippen MR) is 74.8 cm³/mol. The molecule has 0 bridgehead atoms. The van der Waals surface area contributed by atoms with Crippen molar-refractivity contribution in [2.45, 2.75) is 63.9 Å². The van der Waals surface area contributed by atoms with E-state index in [1.54, 1.807) is 0 Å². The molecule has 0 aromatic carbocycles. The predicted octanol–water partition coefficient (Wildman–Crippen LogP) is 3.46. The van der Waals surface area contributed by atoms with Crippen LogP contribution in [0, 0.1) is 5.92 Å². The Hall–Kier alpha value is -0.553. The van der Waals surface area contributed by atoms with Crippen LogP contribution in [-0.4, -0.2) is 32.2 Å². The molecular weight excluding hydrogens is 246 g/mol. The van der Waals surface area contributed by atoms with Crippen LogP contribution in [0.2, 0.25) is 18.1 Å². The molecule has 18 heavy (non-hydrogen) atoms. The summed E-state index contributed by atoms with van der Waals surface area (Å²) >= 11 is 0. The van der Waals surface area contributed by atoms with Gasteiger partial charge in [0, 0.05) is 11.5 Å². The zero-order valence-electron chi connectivity index (χ0n) is 12.1. The second kappa shape index (κ2) is 5.61. The highest BCUT2D eigenvalue weighted by atomic mass is 28.4. The lowest BCUT2D eigenvalue weighted by Crippen LogP contribution is -2.41. The number of hydrogen-bond donors (Lipinski definition) is 1. The number of rotatable bonds is 4. The lowest BCUT2D eigenvalue weighted by molar-refractivity contribution is 0.153. The molecule has 1 aliphatic carbocycles. The van der Waals surface area contributed by atoms with Crippen molar-refractivity contribution in [2.24, 2.45) is 11.0 Å². The maximum absolute atomic E-state index is 9.77. The molecule has 5 nitrogen and oxygen atoms in total. The first kappa shape index (κ1) is 15.5. The molecule has 3 atom stereocenters. The summed E-state index contributed by atoms with van der Waals surface area (Å²) in [6, 6.07) is -0.275. The number of azide groups is 1. The summed E-state index contributed by atoms with van der Waals surface area (Å²) in [6.45, 7) is 11.8. The topological polar surface area (TPSA) is 78.2 Å². The van der Waals surface area contributed by atoms with Crippen LogP contribution in [0.1, 0.15) is 33.6 Å². The summed E-state index contributed by atoms with van der Waals surface area (Å²) in [5.41, 5.74) is 8.42. The molecule has 0 aromatic rings. The molecule has 0 amide bonds. The molecule has 104 valence electrons. The van der Waals surface area contributed by atoms with Gasteiger partial charge in [0.2, 0.25) is 0 Å². The van der Waals surface area contributed by atoms with Crippen LogP contribution in [-0.2, 0) is 4.43 Å². The Balaban J connectivity index is 2.49. The molecule has 1 saturated carbocycles. The molecular formula is C12H25N3O2Si. The van der Waals surface area contributed by atoms with Gasteiger partial charge in [0.25, 0.3) is 0 Å². The fourth-order valence-corrected chi connectivity index (χ4v) is 3.05. The summed E-state index contributed by atoms with van der Waals surface area (Å²) in [5.74, 6) is 0.310. The smallest absolute Gasteiger partial charge is 0.191 e. The number of hydrogen-bond acceptors (Lipinski definition) is 3. The third-order valence-electron chi connectivity index (χ3n) is 4.28. The molecule has 0 radical (unpaired) electrons. The van der Waals surface area contributed by atoms with Gasteiger partial charge in [0.1, 0.15) is 0 Å². The highest BCUT2D eigenvalue weighted by Crippen LogP contribution is 2.38. The van der Waals surface area contributed by atoms with Crippen LogP contribution in [0.5, 0.6) is 0 Å². The Labute approximate surface area is 110 Å². The number of nitrogens with zero attached hydrogens (tertiary/aromatic N) is 3. The van der Waals surface area contributed by atoms with Crippen molar-refractivity contribution in [3.63, 3.8) is 0 Å². The van der Waals surface area contributed by atoms with E-state index in [0.717, 1.165) is 6.42 Å². The van der Waals surface area contributed by atoms with Crippen molar-refractivity contribution in [1.82, 2.24) is 0 Å². The summed E-state index contributed by atoms with van der Waals surface area (Å²) in [6.07, 6.45) is 0.909. The van der Waals surface area contributed by atoms with Gasteiger partial charge < -0.3 is 9.53 Å². The Morgan fingerprint density at radius 3 is 2.50 bits per heavy atom. The van der Waals surface area contributed by atoms with Crippen LogP contribution in [0.4, 0.5) is 0 Å². The van der Waals surface area contributed by atoms with Crippen LogP contribution in [0.3, 0.4) is 0 Å². The summed E-state index contributed by atoms with van der Waals surface area (Å²) in [4.78, 5) is 2.78. The van der Waals surface area contributed by atoms with Crippen molar-refractivity contribution in [3.8, 4) is 0 Å². The first-order chi connectivity index (χ1) is 8.17. The van der Waals surface area contributed by atoms with Gasteiger partial charge in [-0.3, -0.25) is 0 Å². The zero-order chi connectivity index (χ0) is 14.0. The van der Waals surface area contributed by atoms with Crippen LogP contribution < -0.4 is 0 Å². The number of aliphatic hydroxyl groups excluding tert-OH is 1. The molecule has 0 aromatic heterocycles. The van der Waals surface area contributed by atoms with E-state index in [0.29, 0.717) is 18.9 Å². The lowest BCUT2D eigenvalue weighted by Gasteiger charge is -2.37. The highest BCUT2D eigenvalue weighted by Gasteiger charge is 2.39. The second-order valence-corrected chi connectivity index (χ2v) is 11.6. The Morgan fingerprint density at radius 2 is 2.00 bits per heavy atom. The van der Waals surface area contributed by atoms with Gasteiger partial charge in [-0.05, 0) is 42.4 Å². The molecule has 0 spiro atoms. The Bertz CT molecular complexity index is 335. The molecule has 1 rings (SSSR count). The fraction of sp³-hybridized carbons (Fsp3) is 1.00. The van der Waals surface area contributed by atoms with E-state index in [-0.39, 0.29) is 11.1 Å². The first-order valence-corrected chi connectivity index (χ1v) is 9.44. The molecule has 6 heteroatoms. The monoisotopic (exact) mass is 271 g/mol. The van der Waals surface area contributed by atoms with Crippen molar-refractivity contribution in [2.75, 3.05) is 6.61 Å². The maximum Gasteiger partial charge on any atom is 0.191 e. The largest absolute Gasteiger partial charge is 0.417 e. The van der Waals surface area contributed by atoms with Gasteiger partial charge in [0.15, 0.2) is 8.32 Å². The summed E-state index contributed by atoms with van der Waals surface area (Å²) in [5, 5.41) is 13.6. The second-order valence-electron chi connectivity index (χ2n) is 6.75. The highest BCUT2D eigenvalue weighted by molar-refractivity contribution is 6.74. The van der Waals surface area contributed by atoms with Gasteiger partial charge in [-0.25, -0.2) is 0 Å². The molecule has 1 fully saturated rings. The normalized spacial score (nSPS) is 29.1. The summed E-state index contributed by atoms with van der Waals surface area (Å²) < 4.78 is 6.15. The van der Waals surface area contributed by atoms with E-state index in [2.05, 4.69) is 43.9 Å². The Kier molecular flexibility index (Phi) is 4.83. The Morgan fingerprint density at radius 1 is 1.39 bits per heavy atom. The SMILES string of the molecule is CC(C)(C)[Si](C)(C)OC[C@@H]1C[C@@H](O)[C@H](N=[N+]=[N-])C1. The van der Waals surface area contributed by atoms with E-state index < -0.39 is 14.4 Å². The molecule has 0 saturated heterocycles. The van der Waals surface area contributed by atoms with Crippen LogP contribution in [0.15, 0.2) is 5.11 Å². The van der Waals surface area contributed by atoms with E-state index in [9.17, 15) is 5.11 Å². The third kappa shape index (κ3) is 3.72. The van der Waals surface area contributed by atoms with Gasteiger partial charge in [-0.15, -0.1) is 0 Å². The first-order valence-electron chi connectivity index (χ1n) is 6.53. The van der Waals surface area contributed by atoms with Crippen LogP contribution >= 0.6 is 0 Å². The molecule has 0 unspecified atom stereocenters. The molecule has 0 aliphatic heterocycles. The van der Waals surface area contributed by atoms with E-state index >= 15 is 0 Å². The van der Waals surface area contributed by atoms with Crippen molar-refractivity contribution in [1.29, 1.82) is 0 Å². The average molecular weight is 271 g/mol. The zero-order valence-corrected chi connectivity index (χ0v) is 13.1. The van der Waals surface area contributed by atoms with E-state index in [1.807, 2.05) is 0 Å². The van der Waals surface area contributed by atoms with Crippen molar-refractivity contribution >= 4 is 8.32 Å². The van der Waals surface area contributed by atoms with E-state index in [1.165, 1.54) is 0 Å². The molecule has 1 aliphatic rings. The molecule has 0 heterocycles. The van der Waals surface area contributed by atoms with Crippen molar-refractivity contribution < 1.29 is 9.53 Å². The lowest BCUT2D eigenvalue weighted by atomic mass is 10.1. The van der Waals surface area contributed by atoms with Gasteiger partial charge >= 0.3 is 0 Å².